The van der Waals surface area contributed by atoms with Crippen molar-refractivity contribution in [2.24, 2.45) is 0 Å². The lowest BCUT2D eigenvalue weighted by Gasteiger charge is -2.26. The number of hydrogen-bond acceptors (Lipinski definition) is 5. The minimum Gasteiger partial charge on any atom is -0.496 e. The molecule has 1 atom stereocenters. The van der Waals surface area contributed by atoms with E-state index in [0.717, 1.165) is 22.9 Å². The van der Waals surface area contributed by atoms with E-state index in [0.29, 0.717) is 22.9 Å². The fourth-order valence-electron chi connectivity index (χ4n) is 3.14. The fourth-order valence-corrected chi connectivity index (χ4v) is 4.05. The lowest BCUT2D eigenvalue weighted by molar-refractivity contribution is -0.121. The normalized spacial score (nSPS) is 16.0. The monoisotopic (exact) mass is 407 g/mol. The maximum absolute atomic E-state index is 12.3. The summed E-state index contributed by atoms with van der Waals surface area (Å²) in [5.41, 5.74) is 2.23. The summed E-state index contributed by atoms with van der Waals surface area (Å²) in [5, 5.41) is 15.8. The Morgan fingerprint density at radius 2 is 1.97 bits per heavy atom. The van der Waals surface area contributed by atoms with Crippen LogP contribution in [0.25, 0.3) is 0 Å². The average molecular weight is 407 g/mol. The standard InChI is InChI=1S/C22H21N3O3S/c1-28-19-10-6-5-9-16(19)17-11-20(26)25-22(18(17)12-23)29-14-21(27)24-13-15-7-3-2-4-8-15/h2-10,17H,11,13-14H2,1H3,(H,24,27)(H,25,26)/t17-/m0/s1. The second kappa shape index (κ2) is 9.80. The molecule has 6 nitrogen and oxygen atoms in total. The van der Waals surface area contributed by atoms with E-state index < -0.39 is 5.92 Å². The van der Waals surface area contributed by atoms with Crippen LogP contribution < -0.4 is 15.4 Å². The molecule has 0 saturated carbocycles. The molecule has 2 amide bonds. The number of para-hydroxylation sites is 1. The van der Waals surface area contributed by atoms with Gasteiger partial charge in [-0.3, -0.25) is 9.59 Å². The number of ether oxygens (including phenoxy) is 1. The first kappa shape index (κ1) is 20.5. The smallest absolute Gasteiger partial charge is 0.230 e. The van der Waals surface area contributed by atoms with Gasteiger partial charge in [0.15, 0.2) is 0 Å². The molecule has 3 rings (SSSR count). The number of nitrogens with one attached hydrogen (secondary N) is 2. The number of hydrogen-bond donors (Lipinski definition) is 2. The van der Waals surface area contributed by atoms with Crippen LogP contribution in [0.15, 0.2) is 65.2 Å². The van der Waals surface area contributed by atoms with Crippen molar-refractivity contribution in [3.05, 3.63) is 76.3 Å². The summed E-state index contributed by atoms with van der Waals surface area (Å²) in [7, 11) is 1.56. The molecule has 0 aromatic heterocycles. The highest BCUT2D eigenvalue weighted by atomic mass is 32.2. The average Bonchev–Trinajstić information content (AvgIpc) is 2.76. The highest BCUT2D eigenvalue weighted by molar-refractivity contribution is 8.03. The number of carbonyl (C=O) groups is 2. The summed E-state index contributed by atoms with van der Waals surface area (Å²) in [6.45, 7) is 0.431. The van der Waals surface area contributed by atoms with Crippen molar-refractivity contribution in [1.29, 1.82) is 5.26 Å². The van der Waals surface area contributed by atoms with Crippen LogP contribution in [-0.2, 0) is 16.1 Å². The van der Waals surface area contributed by atoms with Gasteiger partial charge in [-0.1, -0.05) is 60.3 Å². The zero-order valence-electron chi connectivity index (χ0n) is 16.0. The first-order valence-electron chi connectivity index (χ1n) is 9.12. The van der Waals surface area contributed by atoms with E-state index in [1.54, 1.807) is 13.2 Å². The SMILES string of the molecule is COc1ccccc1[C@@H]1CC(=O)NC(SCC(=O)NCc2ccccc2)=C1C#N. The predicted octanol–water partition coefficient (Wildman–Crippen LogP) is 3.08. The molecule has 2 aromatic carbocycles. The van der Waals surface area contributed by atoms with Gasteiger partial charge >= 0.3 is 0 Å². The van der Waals surface area contributed by atoms with Crippen molar-refractivity contribution >= 4 is 23.6 Å². The van der Waals surface area contributed by atoms with Crippen LogP contribution in [0.4, 0.5) is 0 Å². The topological polar surface area (TPSA) is 91.2 Å². The molecule has 0 radical (unpaired) electrons. The molecule has 2 N–H and O–H groups in total. The van der Waals surface area contributed by atoms with E-state index >= 15 is 0 Å². The third kappa shape index (κ3) is 5.18. The molecule has 0 aliphatic carbocycles. The van der Waals surface area contributed by atoms with Crippen molar-refractivity contribution in [2.45, 2.75) is 18.9 Å². The molecule has 0 saturated heterocycles. The van der Waals surface area contributed by atoms with E-state index in [1.807, 2.05) is 48.5 Å². The van der Waals surface area contributed by atoms with Gasteiger partial charge in [0, 0.05) is 24.4 Å². The Balaban J connectivity index is 1.72. The van der Waals surface area contributed by atoms with Crippen LogP contribution in [0.3, 0.4) is 0 Å². The van der Waals surface area contributed by atoms with E-state index in [9.17, 15) is 14.9 Å². The minimum absolute atomic E-state index is 0.103. The number of nitrogens with zero attached hydrogens (tertiary/aromatic N) is 1. The van der Waals surface area contributed by atoms with Crippen molar-refractivity contribution in [3.63, 3.8) is 0 Å². The van der Waals surface area contributed by atoms with Crippen LogP contribution in [-0.4, -0.2) is 24.7 Å². The van der Waals surface area contributed by atoms with Gasteiger partial charge in [-0.25, -0.2) is 0 Å². The molecule has 0 unspecified atom stereocenters. The number of benzene rings is 2. The number of nitriles is 1. The predicted molar refractivity (Wildman–Crippen MR) is 112 cm³/mol. The quantitative estimate of drug-likeness (QED) is 0.736. The van der Waals surface area contributed by atoms with Crippen molar-refractivity contribution in [3.8, 4) is 11.8 Å². The summed E-state index contributed by atoms with van der Waals surface area (Å²) >= 11 is 1.16. The molecule has 1 aliphatic rings. The molecule has 148 valence electrons. The molecule has 0 spiro atoms. The Kier molecular flexibility index (Phi) is 6.93. The second-order valence-electron chi connectivity index (χ2n) is 6.45. The largest absolute Gasteiger partial charge is 0.496 e. The van der Waals surface area contributed by atoms with Gasteiger partial charge in [0.2, 0.25) is 11.8 Å². The van der Waals surface area contributed by atoms with Gasteiger partial charge in [-0.15, -0.1) is 0 Å². The maximum Gasteiger partial charge on any atom is 0.230 e. The number of carbonyl (C=O) groups excluding carboxylic acids is 2. The molecule has 2 aromatic rings. The van der Waals surface area contributed by atoms with Crippen LogP contribution in [0.5, 0.6) is 5.75 Å². The third-order valence-electron chi connectivity index (χ3n) is 4.55. The molecule has 0 bridgehead atoms. The van der Waals surface area contributed by atoms with Gasteiger partial charge in [-0.05, 0) is 11.6 Å². The summed E-state index contributed by atoms with van der Waals surface area (Å²) < 4.78 is 5.40. The molecule has 29 heavy (non-hydrogen) atoms. The number of amides is 2. The summed E-state index contributed by atoms with van der Waals surface area (Å²) in [6, 6.07) is 19.2. The number of rotatable bonds is 7. The van der Waals surface area contributed by atoms with Gasteiger partial charge in [0.1, 0.15) is 5.75 Å². The number of thioether (sulfide) groups is 1. The number of allylic oxidation sites excluding steroid dienone is 1. The molecular formula is C22H21N3O3S. The summed E-state index contributed by atoms with van der Waals surface area (Å²) in [5.74, 6) is -0.0270. The molecule has 7 heteroatoms. The Morgan fingerprint density at radius 3 is 2.69 bits per heavy atom. The lowest BCUT2D eigenvalue weighted by atomic mass is 9.86. The molecule has 1 heterocycles. The third-order valence-corrected chi connectivity index (χ3v) is 5.57. The van der Waals surface area contributed by atoms with Gasteiger partial charge in [0.05, 0.1) is 29.5 Å². The first-order valence-corrected chi connectivity index (χ1v) is 10.1. The van der Waals surface area contributed by atoms with Crippen molar-refractivity contribution < 1.29 is 14.3 Å². The highest BCUT2D eigenvalue weighted by Gasteiger charge is 2.31. The van der Waals surface area contributed by atoms with Crippen molar-refractivity contribution in [1.82, 2.24) is 10.6 Å². The number of methoxy groups -OCH3 is 1. The Hall–Kier alpha value is -3.24. The van der Waals surface area contributed by atoms with E-state index in [1.165, 1.54) is 0 Å². The zero-order chi connectivity index (χ0) is 20.6. The molecular weight excluding hydrogens is 386 g/mol. The summed E-state index contributed by atoms with van der Waals surface area (Å²) in [4.78, 5) is 24.5. The van der Waals surface area contributed by atoms with Crippen LogP contribution in [0.1, 0.15) is 23.5 Å². The lowest BCUT2D eigenvalue weighted by Crippen LogP contribution is -2.32. The van der Waals surface area contributed by atoms with Gasteiger partial charge in [-0.2, -0.15) is 5.26 Å². The maximum atomic E-state index is 12.3. The van der Waals surface area contributed by atoms with Crippen molar-refractivity contribution in [2.75, 3.05) is 12.9 Å². The molecule has 0 fully saturated rings. The van der Waals surface area contributed by atoms with E-state index in [2.05, 4.69) is 16.7 Å². The fraction of sp³-hybridized carbons (Fsp3) is 0.227. The van der Waals surface area contributed by atoms with Crippen LogP contribution >= 0.6 is 11.8 Å². The Bertz CT molecular complexity index is 967. The van der Waals surface area contributed by atoms with E-state index in [4.69, 9.17) is 4.74 Å². The minimum atomic E-state index is -0.403. The summed E-state index contributed by atoms with van der Waals surface area (Å²) in [6.07, 6.45) is 0.160. The Labute approximate surface area is 173 Å². The molecule has 1 aliphatic heterocycles. The van der Waals surface area contributed by atoms with Gasteiger partial charge < -0.3 is 15.4 Å². The zero-order valence-corrected chi connectivity index (χ0v) is 16.8. The first-order chi connectivity index (χ1) is 14.1. The Morgan fingerprint density at radius 1 is 1.24 bits per heavy atom. The second-order valence-corrected chi connectivity index (χ2v) is 7.44. The van der Waals surface area contributed by atoms with Crippen LogP contribution in [0, 0.1) is 11.3 Å². The van der Waals surface area contributed by atoms with Crippen LogP contribution in [0.2, 0.25) is 0 Å². The highest BCUT2D eigenvalue weighted by Crippen LogP contribution is 2.39. The van der Waals surface area contributed by atoms with Gasteiger partial charge in [0.25, 0.3) is 0 Å². The van der Waals surface area contributed by atoms with E-state index in [-0.39, 0.29) is 24.0 Å².